The third-order valence-corrected chi connectivity index (χ3v) is 4.15. The van der Waals surface area contributed by atoms with Crippen molar-refractivity contribution in [1.29, 1.82) is 0 Å². The molecule has 1 N–H and O–H groups in total. The molecule has 1 fully saturated rings. The molecule has 140 valence electrons. The highest BCUT2D eigenvalue weighted by Gasteiger charge is 2.21. The summed E-state index contributed by atoms with van der Waals surface area (Å²) in [7, 11) is 1.64. The third-order valence-electron chi connectivity index (χ3n) is 4.15. The molecule has 2 aromatic heterocycles. The van der Waals surface area contributed by atoms with E-state index in [0.29, 0.717) is 30.8 Å². The summed E-state index contributed by atoms with van der Waals surface area (Å²) in [6.45, 7) is 5.04. The number of rotatable bonds is 6. The van der Waals surface area contributed by atoms with Gasteiger partial charge in [-0.2, -0.15) is 4.98 Å². The van der Waals surface area contributed by atoms with Crippen molar-refractivity contribution in [2.45, 2.75) is 20.0 Å². The van der Waals surface area contributed by atoms with Crippen LogP contribution >= 0.6 is 0 Å². The number of hydrogen-bond acceptors (Lipinski definition) is 7. The molecule has 0 amide bonds. The van der Waals surface area contributed by atoms with Gasteiger partial charge in [-0.15, -0.1) is 0 Å². The lowest BCUT2D eigenvalue weighted by atomic mass is 10.2. The Bertz CT molecular complexity index is 952. The lowest BCUT2D eigenvalue weighted by molar-refractivity contribution is -0.0813. The van der Waals surface area contributed by atoms with Crippen molar-refractivity contribution in [3.8, 4) is 17.3 Å². The van der Waals surface area contributed by atoms with Gasteiger partial charge in [0.05, 0.1) is 38.0 Å². The molecule has 1 aliphatic heterocycles. The van der Waals surface area contributed by atoms with E-state index in [0.717, 1.165) is 22.8 Å². The van der Waals surface area contributed by atoms with Gasteiger partial charge in [-0.1, -0.05) is 0 Å². The first-order valence-corrected chi connectivity index (χ1v) is 8.67. The van der Waals surface area contributed by atoms with Crippen molar-refractivity contribution in [2.24, 2.45) is 0 Å². The number of aromatic nitrogens is 4. The van der Waals surface area contributed by atoms with Gasteiger partial charge in [-0.3, -0.25) is 0 Å². The summed E-state index contributed by atoms with van der Waals surface area (Å²) >= 11 is 0. The second-order valence-electron chi connectivity index (χ2n) is 6.38. The van der Waals surface area contributed by atoms with E-state index in [4.69, 9.17) is 14.2 Å². The molecule has 8 nitrogen and oxygen atoms in total. The first-order chi connectivity index (χ1) is 13.1. The van der Waals surface area contributed by atoms with Crippen LogP contribution in [0.5, 0.6) is 11.6 Å². The van der Waals surface area contributed by atoms with Crippen molar-refractivity contribution in [3.63, 3.8) is 0 Å². The van der Waals surface area contributed by atoms with Gasteiger partial charge < -0.3 is 24.1 Å². The summed E-state index contributed by atoms with van der Waals surface area (Å²) in [6, 6.07) is 7.62. The van der Waals surface area contributed by atoms with Gasteiger partial charge in [-0.05, 0) is 26.0 Å². The molecule has 3 heterocycles. The highest BCUT2D eigenvalue weighted by Crippen LogP contribution is 2.28. The fourth-order valence-corrected chi connectivity index (χ4v) is 2.76. The maximum atomic E-state index is 5.78. The van der Waals surface area contributed by atoms with Gasteiger partial charge in [0, 0.05) is 29.7 Å². The van der Waals surface area contributed by atoms with Crippen molar-refractivity contribution in [2.75, 3.05) is 25.6 Å². The van der Waals surface area contributed by atoms with Crippen LogP contribution in [0.2, 0.25) is 0 Å². The highest BCUT2D eigenvalue weighted by atomic mass is 16.6. The fourth-order valence-electron chi connectivity index (χ4n) is 2.76. The predicted molar refractivity (Wildman–Crippen MR) is 100 cm³/mol. The van der Waals surface area contributed by atoms with Crippen molar-refractivity contribution in [1.82, 2.24) is 19.5 Å². The van der Waals surface area contributed by atoms with E-state index in [1.807, 2.05) is 48.9 Å². The van der Waals surface area contributed by atoms with Gasteiger partial charge in [0.15, 0.2) is 0 Å². The van der Waals surface area contributed by atoms with Crippen LogP contribution in [0.4, 0.5) is 11.6 Å². The molecule has 4 rings (SSSR count). The molecule has 0 saturated carbocycles. The second kappa shape index (κ2) is 7.24. The van der Waals surface area contributed by atoms with E-state index >= 15 is 0 Å². The molecule has 1 saturated heterocycles. The highest BCUT2D eigenvalue weighted by molar-refractivity contribution is 5.62. The van der Waals surface area contributed by atoms with Gasteiger partial charge >= 0.3 is 0 Å². The van der Waals surface area contributed by atoms with E-state index in [9.17, 15) is 0 Å². The van der Waals surface area contributed by atoms with Gasteiger partial charge in [0.25, 0.3) is 0 Å². The van der Waals surface area contributed by atoms with Gasteiger partial charge in [-0.25, -0.2) is 9.97 Å². The Balaban J connectivity index is 1.57. The lowest BCUT2D eigenvalue weighted by Gasteiger charge is -2.26. The first kappa shape index (κ1) is 17.3. The van der Waals surface area contributed by atoms with Crippen molar-refractivity contribution < 1.29 is 14.2 Å². The molecule has 0 bridgehead atoms. The lowest BCUT2D eigenvalue weighted by Crippen LogP contribution is -2.38. The zero-order valence-electron chi connectivity index (χ0n) is 15.5. The Morgan fingerprint density at radius 3 is 2.67 bits per heavy atom. The summed E-state index contributed by atoms with van der Waals surface area (Å²) < 4.78 is 18.4. The average Bonchev–Trinajstić information content (AvgIpc) is 3.04. The Kier molecular flexibility index (Phi) is 4.64. The van der Waals surface area contributed by atoms with Crippen LogP contribution in [0.15, 0.2) is 36.8 Å². The van der Waals surface area contributed by atoms with Gasteiger partial charge in [0.1, 0.15) is 11.9 Å². The maximum absolute atomic E-state index is 5.78. The molecule has 1 aliphatic rings. The zero-order chi connectivity index (χ0) is 18.8. The number of nitrogens with zero attached hydrogens (tertiary/aromatic N) is 4. The van der Waals surface area contributed by atoms with Crippen LogP contribution in [-0.2, 0) is 4.74 Å². The number of imidazole rings is 1. The summed E-state index contributed by atoms with van der Waals surface area (Å²) in [6.07, 6.45) is 3.77. The SMILES string of the molecule is COc1cc(Nc2nc(C)cc(OC3COC3)n2)ccc1-n1cnc(C)c1. The largest absolute Gasteiger partial charge is 0.494 e. The van der Waals surface area contributed by atoms with E-state index in [2.05, 4.69) is 20.3 Å². The van der Waals surface area contributed by atoms with Crippen LogP contribution in [0, 0.1) is 13.8 Å². The molecule has 1 aromatic carbocycles. The Hall–Kier alpha value is -3.13. The zero-order valence-corrected chi connectivity index (χ0v) is 15.5. The van der Waals surface area contributed by atoms with E-state index in [1.165, 1.54) is 0 Å². The number of aryl methyl sites for hydroxylation is 2. The van der Waals surface area contributed by atoms with E-state index in [-0.39, 0.29) is 6.10 Å². The van der Waals surface area contributed by atoms with Crippen LogP contribution in [0.25, 0.3) is 5.69 Å². The number of methoxy groups -OCH3 is 1. The average molecular weight is 367 g/mol. The molecule has 0 atom stereocenters. The van der Waals surface area contributed by atoms with Crippen LogP contribution < -0.4 is 14.8 Å². The van der Waals surface area contributed by atoms with Crippen molar-refractivity contribution in [3.05, 3.63) is 48.2 Å². The number of hydrogen-bond donors (Lipinski definition) is 1. The topological polar surface area (TPSA) is 83.3 Å². The monoisotopic (exact) mass is 367 g/mol. The Morgan fingerprint density at radius 1 is 1.15 bits per heavy atom. The summed E-state index contributed by atoms with van der Waals surface area (Å²) in [5.41, 5.74) is 3.48. The minimum absolute atomic E-state index is 0.0603. The van der Waals surface area contributed by atoms with Crippen LogP contribution in [0.1, 0.15) is 11.4 Å². The Morgan fingerprint density at radius 2 is 2.00 bits per heavy atom. The maximum Gasteiger partial charge on any atom is 0.230 e. The number of benzene rings is 1. The number of ether oxygens (including phenoxy) is 3. The quantitative estimate of drug-likeness (QED) is 0.717. The number of anilines is 2. The minimum atomic E-state index is 0.0603. The molecular weight excluding hydrogens is 346 g/mol. The first-order valence-electron chi connectivity index (χ1n) is 8.67. The minimum Gasteiger partial charge on any atom is -0.494 e. The van der Waals surface area contributed by atoms with Crippen LogP contribution in [-0.4, -0.2) is 45.9 Å². The molecule has 27 heavy (non-hydrogen) atoms. The molecule has 3 aromatic rings. The fraction of sp³-hybridized carbons (Fsp3) is 0.316. The van der Waals surface area contributed by atoms with Crippen molar-refractivity contribution >= 4 is 11.6 Å². The van der Waals surface area contributed by atoms with E-state index < -0.39 is 0 Å². The summed E-state index contributed by atoms with van der Waals surface area (Å²) in [4.78, 5) is 13.1. The van der Waals surface area contributed by atoms with Gasteiger partial charge in [0.2, 0.25) is 11.8 Å². The molecule has 0 unspecified atom stereocenters. The third kappa shape index (κ3) is 3.85. The summed E-state index contributed by atoms with van der Waals surface area (Å²) in [5, 5.41) is 3.21. The van der Waals surface area contributed by atoms with Crippen LogP contribution in [0.3, 0.4) is 0 Å². The Labute approximate surface area is 157 Å². The molecular formula is C19H21N5O3. The van der Waals surface area contributed by atoms with E-state index in [1.54, 1.807) is 13.4 Å². The normalized spacial score (nSPS) is 13.9. The standard InChI is InChI=1S/C19H21N5O3/c1-12-6-18(27-15-9-26-10-15)23-19(21-12)22-14-4-5-16(17(7-14)25-3)24-8-13(2)20-11-24/h4-8,11,15H,9-10H2,1-3H3,(H,21,22,23). The predicted octanol–water partition coefficient (Wildman–Crippen LogP) is 2.81. The molecule has 0 radical (unpaired) electrons. The number of nitrogens with one attached hydrogen (secondary N) is 1. The molecule has 0 spiro atoms. The molecule has 8 heteroatoms. The smallest absolute Gasteiger partial charge is 0.230 e. The second-order valence-corrected chi connectivity index (χ2v) is 6.38. The summed E-state index contributed by atoms with van der Waals surface area (Å²) in [5.74, 6) is 1.72. The molecule has 0 aliphatic carbocycles.